The summed E-state index contributed by atoms with van der Waals surface area (Å²) in [4.78, 5) is 46.7. The van der Waals surface area contributed by atoms with E-state index in [-0.39, 0.29) is 19.0 Å². The SMILES string of the molecule is CC1(C(=O)OC2(C(N)=O)CCCCC2)COC(c2nc(-c3ccc(F)cc3)c(-c3ccnc(NCc4ccncc4)n3)[nH]2)OC1. The molecule has 0 spiro atoms. The van der Waals surface area contributed by atoms with Crippen molar-refractivity contribution in [2.24, 2.45) is 11.1 Å². The molecule has 2 aliphatic rings. The average molecular weight is 616 g/mol. The van der Waals surface area contributed by atoms with Gasteiger partial charge in [0.05, 0.1) is 30.3 Å². The molecule has 1 aromatic carbocycles. The van der Waals surface area contributed by atoms with Gasteiger partial charge in [0, 0.05) is 30.7 Å². The molecule has 4 heterocycles. The van der Waals surface area contributed by atoms with Crippen molar-refractivity contribution in [3.8, 4) is 22.6 Å². The number of anilines is 1. The molecular formula is C32H34FN7O5. The van der Waals surface area contributed by atoms with Gasteiger partial charge in [-0.1, -0.05) is 6.42 Å². The zero-order valence-corrected chi connectivity index (χ0v) is 24.8. The molecule has 45 heavy (non-hydrogen) atoms. The molecule has 1 saturated heterocycles. The summed E-state index contributed by atoms with van der Waals surface area (Å²) in [5.74, 6) is -0.868. The van der Waals surface area contributed by atoms with Crippen molar-refractivity contribution in [1.29, 1.82) is 0 Å². The quantitative estimate of drug-likeness (QED) is 0.229. The van der Waals surface area contributed by atoms with E-state index in [0.717, 1.165) is 24.8 Å². The molecule has 3 aromatic heterocycles. The van der Waals surface area contributed by atoms with Gasteiger partial charge in [-0.05, 0) is 80.6 Å². The zero-order chi connectivity index (χ0) is 31.4. The topological polar surface area (TPSA) is 167 Å². The average Bonchev–Trinajstić information content (AvgIpc) is 3.51. The van der Waals surface area contributed by atoms with Crippen molar-refractivity contribution in [2.45, 2.75) is 57.5 Å². The third-order valence-corrected chi connectivity index (χ3v) is 8.17. The van der Waals surface area contributed by atoms with Crippen molar-refractivity contribution >= 4 is 17.8 Å². The van der Waals surface area contributed by atoms with Crippen molar-refractivity contribution in [2.75, 3.05) is 18.5 Å². The highest BCUT2D eigenvalue weighted by Gasteiger charge is 2.48. The summed E-state index contributed by atoms with van der Waals surface area (Å²) >= 11 is 0. The lowest BCUT2D eigenvalue weighted by Gasteiger charge is -2.39. The number of nitrogens with two attached hydrogens (primary N) is 1. The number of imidazole rings is 1. The number of carbonyl (C=O) groups is 2. The third-order valence-electron chi connectivity index (χ3n) is 8.17. The van der Waals surface area contributed by atoms with Crippen LogP contribution in [0.5, 0.6) is 0 Å². The lowest BCUT2D eigenvalue weighted by Crippen LogP contribution is -2.53. The monoisotopic (exact) mass is 615 g/mol. The Balaban J connectivity index is 1.22. The molecule has 13 heteroatoms. The van der Waals surface area contributed by atoms with Gasteiger partial charge >= 0.3 is 5.97 Å². The fourth-order valence-corrected chi connectivity index (χ4v) is 5.48. The lowest BCUT2D eigenvalue weighted by atomic mass is 9.83. The summed E-state index contributed by atoms with van der Waals surface area (Å²) in [5, 5.41) is 3.21. The van der Waals surface area contributed by atoms with Gasteiger partial charge in [-0.25, -0.2) is 19.3 Å². The van der Waals surface area contributed by atoms with E-state index in [0.29, 0.717) is 53.8 Å². The number of carbonyl (C=O) groups excluding carboxylic acids is 2. The van der Waals surface area contributed by atoms with Gasteiger partial charge in [-0.15, -0.1) is 0 Å². The van der Waals surface area contributed by atoms with Crippen molar-refractivity contribution in [1.82, 2.24) is 24.9 Å². The first kappa shape index (κ1) is 30.3. The van der Waals surface area contributed by atoms with Gasteiger partial charge in [-0.2, -0.15) is 0 Å². The number of rotatable bonds is 9. The van der Waals surface area contributed by atoms with Crippen molar-refractivity contribution in [3.05, 3.63) is 78.3 Å². The minimum absolute atomic E-state index is 0.0379. The van der Waals surface area contributed by atoms with Crippen LogP contribution in [0.4, 0.5) is 10.3 Å². The maximum Gasteiger partial charge on any atom is 0.317 e. The predicted molar refractivity (Wildman–Crippen MR) is 160 cm³/mol. The number of H-pyrrole nitrogens is 1. The van der Waals surface area contributed by atoms with Crippen molar-refractivity contribution < 1.29 is 28.2 Å². The maximum absolute atomic E-state index is 13.8. The second-order valence-electron chi connectivity index (χ2n) is 11.7. The van der Waals surface area contributed by atoms with E-state index in [9.17, 15) is 14.0 Å². The number of halogens is 1. The number of ether oxygens (including phenoxy) is 3. The number of aromatic nitrogens is 5. The molecule has 4 aromatic rings. The highest BCUT2D eigenvalue weighted by molar-refractivity contribution is 5.88. The Labute approximate surface area is 259 Å². The van der Waals surface area contributed by atoms with Gasteiger partial charge in [-0.3, -0.25) is 14.6 Å². The smallest absolute Gasteiger partial charge is 0.317 e. The molecule has 4 N–H and O–H groups in total. The van der Waals surface area contributed by atoms with E-state index in [1.807, 2.05) is 12.1 Å². The maximum atomic E-state index is 13.8. The molecule has 1 saturated carbocycles. The van der Waals surface area contributed by atoms with Crippen LogP contribution in [-0.2, 0) is 30.3 Å². The second kappa shape index (κ2) is 12.7. The van der Waals surface area contributed by atoms with E-state index >= 15 is 0 Å². The fourth-order valence-electron chi connectivity index (χ4n) is 5.48. The first-order chi connectivity index (χ1) is 21.7. The molecule has 2 fully saturated rings. The van der Waals surface area contributed by atoms with Gasteiger partial charge in [0.1, 0.15) is 11.2 Å². The minimum atomic E-state index is -1.31. The van der Waals surface area contributed by atoms with Crippen LogP contribution in [0, 0.1) is 11.2 Å². The normalized spacial score (nSPS) is 21.2. The van der Waals surface area contributed by atoms with E-state index in [1.54, 1.807) is 43.7 Å². The first-order valence-corrected chi connectivity index (χ1v) is 14.8. The van der Waals surface area contributed by atoms with Crippen LogP contribution >= 0.6 is 0 Å². The first-order valence-electron chi connectivity index (χ1n) is 14.8. The molecule has 0 bridgehead atoms. The number of hydrogen-bond donors (Lipinski definition) is 3. The molecule has 0 unspecified atom stereocenters. The Bertz CT molecular complexity index is 1650. The Morgan fingerprint density at radius 2 is 1.73 bits per heavy atom. The molecule has 234 valence electrons. The van der Waals surface area contributed by atoms with Gasteiger partial charge in [0.25, 0.3) is 5.91 Å². The molecule has 0 atom stereocenters. The Kier molecular flexibility index (Phi) is 8.55. The molecule has 1 amide bonds. The summed E-state index contributed by atoms with van der Waals surface area (Å²) < 4.78 is 31.6. The highest BCUT2D eigenvalue weighted by atomic mass is 19.1. The Hall–Kier alpha value is -4.75. The standard InChI is InChI=1S/C32H34FN7O5/c1-31(29(42)45-32(28(34)41)12-3-2-4-13-32)18-43-27(44-19-31)26-39-24(21-5-7-22(33)8-6-21)25(40-26)23-11-16-36-30(38-23)37-17-20-9-14-35-15-10-20/h5-11,14-16,27H,2-4,12-13,17-19H2,1H3,(H2,34,41)(H,39,40)(H,36,37,38). The zero-order valence-electron chi connectivity index (χ0n) is 24.8. The number of amides is 1. The summed E-state index contributed by atoms with van der Waals surface area (Å²) in [7, 11) is 0. The molecule has 0 radical (unpaired) electrons. The third kappa shape index (κ3) is 6.54. The number of pyridine rings is 1. The molecule has 12 nitrogen and oxygen atoms in total. The molecule has 1 aliphatic heterocycles. The van der Waals surface area contributed by atoms with Crippen LogP contribution in [0.3, 0.4) is 0 Å². The predicted octanol–water partition coefficient (Wildman–Crippen LogP) is 4.46. The van der Waals surface area contributed by atoms with E-state index < -0.39 is 29.2 Å². The highest BCUT2D eigenvalue weighted by Crippen LogP contribution is 2.38. The number of nitrogens with zero attached hydrogens (tertiary/aromatic N) is 4. The van der Waals surface area contributed by atoms with Crippen LogP contribution in [0.25, 0.3) is 22.6 Å². The summed E-state index contributed by atoms with van der Waals surface area (Å²) in [5.41, 5.74) is 6.45. The van der Waals surface area contributed by atoms with Crippen LogP contribution < -0.4 is 11.1 Å². The van der Waals surface area contributed by atoms with Crippen LogP contribution in [0.15, 0.2) is 61.1 Å². The minimum Gasteiger partial charge on any atom is -0.448 e. The largest absolute Gasteiger partial charge is 0.448 e. The Morgan fingerprint density at radius 1 is 1.02 bits per heavy atom. The van der Waals surface area contributed by atoms with Crippen LogP contribution in [0.2, 0.25) is 0 Å². The van der Waals surface area contributed by atoms with E-state index in [4.69, 9.17) is 24.9 Å². The Morgan fingerprint density at radius 3 is 2.42 bits per heavy atom. The summed E-state index contributed by atoms with van der Waals surface area (Å²) in [6.45, 7) is 2.09. The molecular weight excluding hydrogens is 581 g/mol. The summed E-state index contributed by atoms with van der Waals surface area (Å²) in [6.07, 6.45) is 7.39. The number of hydrogen-bond acceptors (Lipinski definition) is 10. The molecule has 6 rings (SSSR count). The lowest BCUT2D eigenvalue weighted by molar-refractivity contribution is -0.243. The molecule has 1 aliphatic carbocycles. The van der Waals surface area contributed by atoms with Gasteiger partial charge in [0.15, 0.2) is 11.4 Å². The number of esters is 1. The van der Waals surface area contributed by atoms with Crippen LogP contribution in [0.1, 0.15) is 56.7 Å². The number of nitrogens with one attached hydrogen (secondary N) is 2. The van der Waals surface area contributed by atoms with Gasteiger partial charge < -0.3 is 30.2 Å². The van der Waals surface area contributed by atoms with Crippen molar-refractivity contribution in [3.63, 3.8) is 0 Å². The van der Waals surface area contributed by atoms with E-state index in [1.165, 1.54) is 12.1 Å². The second-order valence-corrected chi connectivity index (χ2v) is 11.7. The number of aromatic amines is 1. The van der Waals surface area contributed by atoms with E-state index in [2.05, 4.69) is 25.3 Å². The van der Waals surface area contributed by atoms with Crippen LogP contribution in [-0.4, -0.2) is 55.6 Å². The number of benzene rings is 1. The fraction of sp³-hybridized carbons (Fsp3) is 0.375. The summed E-state index contributed by atoms with van der Waals surface area (Å²) in [6, 6.07) is 11.5. The van der Waals surface area contributed by atoms with Gasteiger partial charge in [0.2, 0.25) is 12.2 Å². The number of primary amides is 1.